The van der Waals surface area contributed by atoms with Crippen LogP contribution in [0.2, 0.25) is 0 Å². The minimum atomic E-state index is -1.26. The Morgan fingerprint density at radius 3 is 2.59 bits per heavy atom. The molecule has 2 rings (SSSR count). The molecule has 0 bridgehead atoms. The van der Waals surface area contributed by atoms with E-state index < -0.39 is 11.6 Å². The van der Waals surface area contributed by atoms with Gasteiger partial charge in [-0.2, -0.15) is 0 Å². The molecule has 22 heavy (non-hydrogen) atoms. The Morgan fingerprint density at radius 1 is 1.18 bits per heavy atom. The Balaban J connectivity index is 2.38. The van der Waals surface area contributed by atoms with Gasteiger partial charge in [-0.05, 0) is 43.4 Å². The van der Waals surface area contributed by atoms with E-state index in [2.05, 4.69) is 6.92 Å². The summed E-state index contributed by atoms with van der Waals surface area (Å²) in [5.74, 6) is -0.394. The lowest BCUT2D eigenvalue weighted by molar-refractivity contribution is -0.140. The SMILES string of the molecule is CCCCCCC1=C(C(=O)OCC)C(C)(O)c2ccccc21. The number of carbonyl (C=O) groups excluding carboxylic acids is 1. The number of aliphatic hydroxyl groups is 1. The minimum Gasteiger partial charge on any atom is -0.463 e. The van der Waals surface area contributed by atoms with Crippen molar-refractivity contribution in [2.45, 2.75) is 58.5 Å². The number of unbranched alkanes of at least 4 members (excludes halogenated alkanes) is 3. The molecule has 0 saturated carbocycles. The summed E-state index contributed by atoms with van der Waals surface area (Å²) in [6, 6.07) is 7.74. The third kappa shape index (κ3) is 3.09. The van der Waals surface area contributed by atoms with E-state index in [4.69, 9.17) is 4.74 Å². The predicted octanol–water partition coefficient (Wildman–Crippen LogP) is 4.19. The quantitative estimate of drug-likeness (QED) is 0.606. The highest BCUT2D eigenvalue weighted by atomic mass is 16.5. The lowest BCUT2D eigenvalue weighted by Gasteiger charge is -2.22. The van der Waals surface area contributed by atoms with Crippen molar-refractivity contribution in [3.05, 3.63) is 41.0 Å². The van der Waals surface area contributed by atoms with E-state index in [0.717, 1.165) is 36.0 Å². The molecule has 1 aromatic carbocycles. The number of fused-ring (bicyclic) bond motifs is 1. The molecule has 1 N–H and O–H groups in total. The molecule has 0 fully saturated rings. The van der Waals surface area contributed by atoms with Crippen LogP contribution in [0, 0.1) is 0 Å². The number of ether oxygens (including phenoxy) is 1. The van der Waals surface area contributed by atoms with E-state index in [0.29, 0.717) is 12.2 Å². The highest BCUT2D eigenvalue weighted by Crippen LogP contribution is 2.46. The van der Waals surface area contributed by atoms with E-state index in [1.807, 2.05) is 24.3 Å². The number of benzene rings is 1. The van der Waals surface area contributed by atoms with Crippen LogP contribution < -0.4 is 0 Å². The van der Waals surface area contributed by atoms with E-state index in [9.17, 15) is 9.90 Å². The molecule has 0 aliphatic heterocycles. The number of esters is 1. The second-order valence-electron chi connectivity index (χ2n) is 6.00. The maximum Gasteiger partial charge on any atom is 0.337 e. The summed E-state index contributed by atoms with van der Waals surface area (Å²) < 4.78 is 5.19. The van der Waals surface area contributed by atoms with Crippen molar-refractivity contribution in [3.8, 4) is 0 Å². The van der Waals surface area contributed by atoms with Crippen LogP contribution in [-0.4, -0.2) is 17.7 Å². The third-order valence-corrected chi connectivity index (χ3v) is 4.33. The summed E-state index contributed by atoms with van der Waals surface area (Å²) in [5, 5.41) is 10.9. The summed E-state index contributed by atoms with van der Waals surface area (Å²) >= 11 is 0. The molecule has 0 saturated heterocycles. The standard InChI is InChI=1S/C19H26O3/c1-4-6-7-8-12-15-14-11-9-10-13-16(14)19(3,21)17(15)18(20)22-5-2/h9-11,13,21H,4-8,12H2,1-3H3. The summed E-state index contributed by atoms with van der Waals surface area (Å²) in [6.45, 7) is 5.98. The first-order valence-corrected chi connectivity index (χ1v) is 8.27. The molecular formula is C19H26O3. The van der Waals surface area contributed by atoms with Crippen molar-refractivity contribution in [2.24, 2.45) is 0 Å². The smallest absolute Gasteiger partial charge is 0.337 e. The molecular weight excluding hydrogens is 276 g/mol. The average molecular weight is 302 g/mol. The zero-order chi connectivity index (χ0) is 16.2. The van der Waals surface area contributed by atoms with Gasteiger partial charge < -0.3 is 9.84 Å². The van der Waals surface area contributed by atoms with Crippen LogP contribution in [0.15, 0.2) is 29.8 Å². The molecule has 0 spiro atoms. The Kier molecular flexibility index (Phi) is 5.41. The predicted molar refractivity (Wildman–Crippen MR) is 88.3 cm³/mol. The lowest BCUT2D eigenvalue weighted by Crippen LogP contribution is -2.27. The van der Waals surface area contributed by atoms with Crippen LogP contribution in [-0.2, 0) is 15.1 Å². The average Bonchev–Trinajstić information content (AvgIpc) is 2.72. The first-order chi connectivity index (χ1) is 10.5. The van der Waals surface area contributed by atoms with Crippen LogP contribution in [0.4, 0.5) is 0 Å². The van der Waals surface area contributed by atoms with Gasteiger partial charge in [0.2, 0.25) is 0 Å². The van der Waals surface area contributed by atoms with Gasteiger partial charge in [0.1, 0.15) is 5.60 Å². The van der Waals surface area contributed by atoms with Crippen LogP contribution in [0.3, 0.4) is 0 Å². The molecule has 1 aromatic rings. The van der Waals surface area contributed by atoms with Crippen molar-refractivity contribution < 1.29 is 14.6 Å². The molecule has 0 aromatic heterocycles. The third-order valence-electron chi connectivity index (χ3n) is 4.33. The molecule has 0 radical (unpaired) electrons. The van der Waals surface area contributed by atoms with Gasteiger partial charge >= 0.3 is 5.97 Å². The van der Waals surface area contributed by atoms with Gasteiger partial charge in [-0.3, -0.25) is 0 Å². The number of hydrogen-bond donors (Lipinski definition) is 1. The van der Waals surface area contributed by atoms with Gasteiger partial charge in [0.15, 0.2) is 0 Å². The lowest BCUT2D eigenvalue weighted by atomic mass is 9.92. The van der Waals surface area contributed by atoms with Crippen molar-refractivity contribution in [1.82, 2.24) is 0 Å². The maximum atomic E-state index is 12.4. The van der Waals surface area contributed by atoms with Crippen molar-refractivity contribution in [2.75, 3.05) is 6.61 Å². The molecule has 3 heteroatoms. The first kappa shape index (κ1) is 16.8. The number of rotatable bonds is 7. The van der Waals surface area contributed by atoms with Crippen molar-refractivity contribution in [1.29, 1.82) is 0 Å². The minimum absolute atomic E-state index is 0.317. The highest BCUT2D eigenvalue weighted by molar-refractivity contribution is 6.03. The summed E-state index contributed by atoms with van der Waals surface area (Å²) in [4.78, 5) is 12.4. The zero-order valence-electron chi connectivity index (χ0n) is 13.8. The number of carbonyl (C=O) groups is 1. The Bertz CT molecular complexity index is 570. The van der Waals surface area contributed by atoms with Gasteiger partial charge in [0.25, 0.3) is 0 Å². The van der Waals surface area contributed by atoms with Gasteiger partial charge in [-0.25, -0.2) is 4.79 Å². The van der Waals surface area contributed by atoms with Gasteiger partial charge in [-0.1, -0.05) is 50.5 Å². The van der Waals surface area contributed by atoms with Crippen LogP contribution in [0.25, 0.3) is 5.57 Å². The molecule has 0 amide bonds. The van der Waals surface area contributed by atoms with Gasteiger partial charge in [0.05, 0.1) is 12.2 Å². The Hall–Kier alpha value is -1.61. The molecule has 1 atom stereocenters. The molecule has 120 valence electrons. The Labute approximate surface area is 133 Å². The zero-order valence-corrected chi connectivity index (χ0v) is 13.8. The van der Waals surface area contributed by atoms with Crippen LogP contribution in [0.5, 0.6) is 0 Å². The topological polar surface area (TPSA) is 46.5 Å². The fourth-order valence-electron chi connectivity index (χ4n) is 3.25. The second kappa shape index (κ2) is 7.10. The van der Waals surface area contributed by atoms with E-state index in [1.54, 1.807) is 13.8 Å². The molecule has 1 aliphatic carbocycles. The van der Waals surface area contributed by atoms with Crippen molar-refractivity contribution in [3.63, 3.8) is 0 Å². The van der Waals surface area contributed by atoms with E-state index in [-0.39, 0.29) is 0 Å². The van der Waals surface area contributed by atoms with Crippen molar-refractivity contribution >= 4 is 11.5 Å². The second-order valence-corrected chi connectivity index (χ2v) is 6.00. The Morgan fingerprint density at radius 2 is 1.91 bits per heavy atom. The summed E-state index contributed by atoms with van der Waals surface area (Å²) in [6.07, 6.45) is 5.34. The summed E-state index contributed by atoms with van der Waals surface area (Å²) in [5.41, 5.74) is 1.92. The number of hydrogen-bond acceptors (Lipinski definition) is 3. The fraction of sp³-hybridized carbons (Fsp3) is 0.526. The van der Waals surface area contributed by atoms with Crippen LogP contribution >= 0.6 is 0 Å². The molecule has 1 aliphatic rings. The largest absolute Gasteiger partial charge is 0.463 e. The molecule has 3 nitrogen and oxygen atoms in total. The number of allylic oxidation sites excluding steroid dienone is 1. The fourth-order valence-corrected chi connectivity index (χ4v) is 3.25. The van der Waals surface area contributed by atoms with E-state index in [1.165, 1.54) is 12.8 Å². The summed E-state index contributed by atoms with van der Waals surface area (Å²) in [7, 11) is 0. The first-order valence-electron chi connectivity index (χ1n) is 8.27. The van der Waals surface area contributed by atoms with E-state index >= 15 is 0 Å². The van der Waals surface area contributed by atoms with Gasteiger partial charge in [0, 0.05) is 0 Å². The maximum absolute atomic E-state index is 12.4. The molecule has 1 unspecified atom stereocenters. The highest BCUT2D eigenvalue weighted by Gasteiger charge is 2.43. The normalized spacial score (nSPS) is 20.2. The van der Waals surface area contributed by atoms with Gasteiger partial charge in [-0.15, -0.1) is 0 Å². The van der Waals surface area contributed by atoms with Crippen LogP contribution in [0.1, 0.15) is 64.0 Å². The monoisotopic (exact) mass is 302 g/mol. The molecule has 0 heterocycles.